The highest BCUT2D eigenvalue weighted by atomic mass is 19.1. The van der Waals surface area contributed by atoms with E-state index in [9.17, 15) is 8.78 Å². The Kier molecular flexibility index (Phi) is 0.817. The van der Waals surface area contributed by atoms with E-state index in [1.165, 1.54) is 0 Å². The predicted octanol–water partition coefficient (Wildman–Crippen LogP) is 1.36. The Morgan fingerprint density at radius 1 is 1.57 bits per heavy atom. The van der Waals surface area contributed by atoms with Crippen LogP contribution in [0.4, 0.5) is 8.78 Å². The molecule has 0 fully saturated rings. The van der Waals surface area contributed by atoms with E-state index >= 15 is 0 Å². The van der Waals surface area contributed by atoms with Gasteiger partial charge in [0.15, 0.2) is 5.82 Å². The summed E-state index contributed by atoms with van der Waals surface area (Å²) in [5.41, 5.74) is 0. The number of halogens is 2. The molecule has 0 N–H and O–H groups in total. The summed E-state index contributed by atoms with van der Waals surface area (Å²) < 4.78 is 26.8. The SMILES string of the molecule is Fc1[c]oc(F)c1. The van der Waals surface area contributed by atoms with Gasteiger partial charge < -0.3 is 4.42 Å². The molecule has 0 amide bonds. The molecule has 0 atom stereocenters. The van der Waals surface area contributed by atoms with E-state index in [4.69, 9.17) is 0 Å². The molecule has 0 unspecified atom stereocenters. The zero-order valence-corrected chi connectivity index (χ0v) is 3.24. The first-order valence-electron chi connectivity index (χ1n) is 1.61. The average Bonchev–Trinajstić information content (AvgIpc) is 1.87. The molecule has 0 bridgehead atoms. The molecule has 0 saturated heterocycles. The van der Waals surface area contributed by atoms with E-state index in [1.54, 1.807) is 6.26 Å². The monoisotopic (exact) mass is 103 g/mol. The topological polar surface area (TPSA) is 13.1 Å². The van der Waals surface area contributed by atoms with Gasteiger partial charge >= 0.3 is 0 Å². The maximum Gasteiger partial charge on any atom is 0.281 e. The summed E-state index contributed by atoms with van der Waals surface area (Å²) in [5, 5.41) is 0. The third-order valence-corrected chi connectivity index (χ3v) is 0.486. The molecule has 3 heteroatoms. The molecule has 1 nitrogen and oxygen atoms in total. The van der Waals surface area contributed by atoms with Gasteiger partial charge in [0.2, 0.25) is 6.26 Å². The lowest BCUT2D eigenvalue weighted by molar-refractivity contribution is 0.352. The van der Waals surface area contributed by atoms with Gasteiger partial charge in [0.1, 0.15) is 0 Å². The molecule has 7 heavy (non-hydrogen) atoms. The van der Waals surface area contributed by atoms with Crippen LogP contribution in [-0.4, -0.2) is 0 Å². The van der Waals surface area contributed by atoms with E-state index in [0.29, 0.717) is 6.07 Å². The van der Waals surface area contributed by atoms with Crippen LogP contribution in [-0.2, 0) is 0 Å². The largest absolute Gasteiger partial charge is 0.424 e. The van der Waals surface area contributed by atoms with Crippen molar-refractivity contribution in [3.05, 3.63) is 24.2 Å². The molecule has 0 aromatic carbocycles. The van der Waals surface area contributed by atoms with Crippen molar-refractivity contribution in [3.63, 3.8) is 0 Å². The van der Waals surface area contributed by atoms with Crippen LogP contribution in [0.5, 0.6) is 0 Å². The minimum atomic E-state index is -0.947. The summed E-state index contributed by atoms with van der Waals surface area (Å²) >= 11 is 0. The summed E-state index contributed by atoms with van der Waals surface area (Å²) in [6, 6.07) is -0.336. The number of rotatable bonds is 0. The number of furan rings is 1. The lowest BCUT2D eigenvalue weighted by Crippen LogP contribution is -1.55. The summed E-state index contributed by atoms with van der Waals surface area (Å²) in [6.07, 6.45) is 1.65. The zero-order valence-electron chi connectivity index (χ0n) is 3.24. The molecule has 1 heterocycles. The van der Waals surface area contributed by atoms with Gasteiger partial charge in [0.05, 0.1) is 6.07 Å². The van der Waals surface area contributed by atoms with Crippen LogP contribution in [0.2, 0.25) is 0 Å². The Bertz CT molecular complexity index is 142. The maximum absolute atomic E-state index is 11.5. The third kappa shape index (κ3) is 0.765. The summed E-state index contributed by atoms with van der Waals surface area (Å²) in [5.74, 6) is -0.808. The molecule has 1 radical (unpaired) electrons. The molecule has 0 saturated carbocycles. The normalized spacial score (nSPS) is 9.43. The van der Waals surface area contributed by atoms with E-state index in [2.05, 4.69) is 4.42 Å². The standard InChI is InChI=1S/C4HF2O/c5-3-1-4(6)7-2-3/h1H. The fourth-order valence-electron chi connectivity index (χ4n) is 0.256. The maximum atomic E-state index is 11.5. The molecule has 1 aromatic rings. The summed E-state index contributed by atoms with van der Waals surface area (Å²) in [4.78, 5) is 0. The second-order valence-electron chi connectivity index (χ2n) is 1.00. The van der Waals surface area contributed by atoms with Crippen LogP contribution in [0.15, 0.2) is 10.5 Å². The molecule has 0 aliphatic carbocycles. The van der Waals surface area contributed by atoms with E-state index in [1.807, 2.05) is 0 Å². The smallest absolute Gasteiger partial charge is 0.281 e. The van der Waals surface area contributed by atoms with Crippen LogP contribution >= 0.6 is 0 Å². The Balaban J connectivity index is 3.04. The highest BCUT2D eigenvalue weighted by Gasteiger charge is 1.95. The van der Waals surface area contributed by atoms with Crippen molar-refractivity contribution < 1.29 is 13.2 Å². The van der Waals surface area contributed by atoms with Gasteiger partial charge in [-0.15, -0.1) is 0 Å². The van der Waals surface area contributed by atoms with Crippen molar-refractivity contribution in [2.24, 2.45) is 0 Å². The Labute approximate surface area is 38.6 Å². The minimum Gasteiger partial charge on any atom is -0.424 e. The van der Waals surface area contributed by atoms with Crippen molar-refractivity contribution in [3.8, 4) is 0 Å². The first-order chi connectivity index (χ1) is 3.29. The fraction of sp³-hybridized carbons (Fsp3) is 0. The van der Waals surface area contributed by atoms with Gasteiger partial charge in [-0.05, 0) is 0 Å². The number of hydrogen-bond donors (Lipinski definition) is 0. The van der Waals surface area contributed by atoms with Crippen LogP contribution in [0.1, 0.15) is 0 Å². The van der Waals surface area contributed by atoms with Gasteiger partial charge in [-0.1, -0.05) is 0 Å². The van der Waals surface area contributed by atoms with E-state index < -0.39 is 11.8 Å². The van der Waals surface area contributed by atoms with Crippen molar-refractivity contribution in [2.75, 3.05) is 0 Å². The first kappa shape index (κ1) is 4.30. The molecule has 0 aliphatic rings. The summed E-state index contributed by atoms with van der Waals surface area (Å²) in [7, 11) is 0. The van der Waals surface area contributed by atoms with Crippen LogP contribution < -0.4 is 0 Å². The van der Waals surface area contributed by atoms with Crippen molar-refractivity contribution in [2.45, 2.75) is 0 Å². The minimum absolute atomic E-state index is 0.611. The van der Waals surface area contributed by atoms with Crippen molar-refractivity contribution >= 4 is 0 Å². The second kappa shape index (κ2) is 1.33. The molecule has 1 aromatic heterocycles. The molecule has 0 spiro atoms. The van der Waals surface area contributed by atoms with Crippen LogP contribution in [0, 0.1) is 18.1 Å². The second-order valence-corrected chi connectivity index (χ2v) is 1.00. The molecule has 37 valence electrons. The summed E-state index contributed by atoms with van der Waals surface area (Å²) in [6.45, 7) is 0. The Hall–Kier alpha value is -0.860. The third-order valence-electron chi connectivity index (χ3n) is 0.486. The Morgan fingerprint density at radius 2 is 2.29 bits per heavy atom. The quantitative estimate of drug-likeness (QED) is 0.483. The van der Waals surface area contributed by atoms with E-state index in [-0.39, 0.29) is 0 Å². The highest BCUT2D eigenvalue weighted by molar-refractivity contribution is 4.86. The molecular formula is C4HF2O. The van der Waals surface area contributed by atoms with Gasteiger partial charge in [-0.2, -0.15) is 4.39 Å². The van der Waals surface area contributed by atoms with Gasteiger partial charge in [-0.3, -0.25) is 0 Å². The van der Waals surface area contributed by atoms with E-state index in [0.717, 1.165) is 0 Å². The van der Waals surface area contributed by atoms with Gasteiger partial charge in [0.25, 0.3) is 6.01 Å². The lowest BCUT2D eigenvalue weighted by atomic mass is 10.6. The van der Waals surface area contributed by atoms with Gasteiger partial charge in [0, 0.05) is 0 Å². The Morgan fingerprint density at radius 3 is 2.43 bits per heavy atom. The first-order valence-corrected chi connectivity index (χ1v) is 1.61. The van der Waals surface area contributed by atoms with Crippen molar-refractivity contribution in [1.82, 2.24) is 0 Å². The molecular weight excluding hydrogens is 102 g/mol. The highest BCUT2D eigenvalue weighted by Crippen LogP contribution is 2.00. The predicted molar refractivity (Wildman–Crippen MR) is 17.5 cm³/mol. The average molecular weight is 103 g/mol. The van der Waals surface area contributed by atoms with Gasteiger partial charge in [-0.25, -0.2) is 4.39 Å². The van der Waals surface area contributed by atoms with Crippen LogP contribution in [0.3, 0.4) is 0 Å². The van der Waals surface area contributed by atoms with Crippen LogP contribution in [0.25, 0.3) is 0 Å². The fourth-order valence-corrected chi connectivity index (χ4v) is 0.256. The molecule has 0 aliphatic heterocycles. The number of hydrogen-bond acceptors (Lipinski definition) is 1. The van der Waals surface area contributed by atoms with Crippen molar-refractivity contribution in [1.29, 1.82) is 0 Å². The lowest BCUT2D eigenvalue weighted by Gasteiger charge is -1.62. The molecule has 1 rings (SSSR count). The zero-order chi connectivity index (χ0) is 5.28.